The summed E-state index contributed by atoms with van der Waals surface area (Å²) in [5, 5.41) is 0. The first-order valence-corrected chi connectivity index (χ1v) is 9.84. The lowest BCUT2D eigenvalue weighted by Crippen LogP contribution is -2.12. The molecule has 1 fully saturated rings. The minimum absolute atomic E-state index is 0. The Morgan fingerprint density at radius 2 is 1.86 bits per heavy atom. The van der Waals surface area contributed by atoms with Crippen molar-refractivity contribution in [2.75, 3.05) is 13.7 Å². The van der Waals surface area contributed by atoms with Gasteiger partial charge in [0, 0.05) is 24.5 Å². The minimum Gasteiger partial charge on any atom is -0.493 e. The summed E-state index contributed by atoms with van der Waals surface area (Å²) in [7, 11) is 1.70. The molecule has 0 saturated heterocycles. The molecule has 0 radical (unpaired) electrons. The van der Waals surface area contributed by atoms with Crippen LogP contribution in [0.5, 0.6) is 11.5 Å². The fraction of sp³-hybridized carbons (Fsp3) is 0.391. The Morgan fingerprint density at radius 3 is 2.59 bits per heavy atom. The second-order valence-corrected chi connectivity index (χ2v) is 7.18. The molecule has 2 heterocycles. The molecule has 1 aliphatic carbocycles. The van der Waals surface area contributed by atoms with Crippen LogP contribution in [0.15, 0.2) is 53.3 Å². The molecule has 4 nitrogen and oxygen atoms in total. The molecule has 2 aliphatic rings. The molecular formula is C23H28Cl2N2O2. The Hall–Kier alpha value is -2.04. The van der Waals surface area contributed by atoms with Crippen LogP contribution >= 0.6 is 24.8 Å². The third-order valence-electron chi connectivity index (χ3n) is 5.24. The second-order valence-electron chi connectivity index (χ2n) is 7.18. The zero-order valence-electron chi connectivity index (χ0n) is 16.7. The number of methoxy groups -OCH3 is 1. The van der Waals surface area contributed by atoms with Crippen molar-refractivity contribution in [2.24, 2.45) is 4.99 Å². The molecule has 1 aromatic heterocycles. The molecule has 29 heavy (non-hydrogen) atoms. The van der Waals surface area contributed by atoms with Crippen LogP contribution in [0.1, 0.15) is 49.7 Å². The third kappa shape index (κ3) is 5.74. The number of pyridine rings is 1. The molecule has 4 rings (SSSR count). The van der Waals surface area contributed by atoms with Gasteiger partial charge in [0.15, 0.2) is 11.5 Å². The summed E-state index contributed by atoms with van der Waals surface area (Å²) < 4.78 is 11.8. The summed E-state index contributed by atoms with van der Waals surface area (Å²) in [4.78, 5) is 9.02. The predicted molar refractivity (Wildman–Crippen MR) is 123 cm³/mol. The van der Waals surface area contributed by atoms with E-state index in [4.69, 9.17) is 14.5 Å². The van der Waals surface area contributed by atoms with Crippen LogP contribution in [0.3, 0.4) is 0 Å². The molecule has 0 N–H and O–H groups in total. The number of aromatic nitrogens is 1. The fourth-order valence-electron chi connectivity index (χ4n) is 3.86. The van der Waals surface area contributed by atoms with Gasteiger partial charge in [-0.1, -0.05) is 6.07 Å². The van der Waals surface area contributed by atoms with Gasteiger partial charge in [0.2, 0.25) is 0 Å². The number of aliphatic imine (C=N–C) groups is 1. The minimum atomic E-state index is 0. The number of rotatable bonds is 5. The molecule has 0 bridgehead atoms. The molecule has 0 spiro atoms. The van der Waals surface area contributed by atoms with Gasteiger partial charge in [0.05, 0.1) is 18.9 Å². The van der Waals surface area contributed by atoms with Gasteiger partial charge in [-0.15, -0.1) is 24.8 Å². The molecule has 0 amide bonds. The van der Waals surface area contributed by atoms with Crippen LogP contribution in [0.2, 0.25) is 0 Å². The lowest BCUT2D eigenvalue weighted by atomic mass is 9.95. The molecule has 1 saturated carbocycles. The zero-order chi connectivity index (χ0) is 18.5. The van der Waals surface area contributed by atoms with Gasteiger partial charge in [-0.05, 0) is 80.0 Å². The van der Waals surface area contributed by atoms with E-state index in [0.29, 0.717) is 6.10 Å². The van der Waals surface area contributed by atoms with E-state index >= 15 is 0 Å². The Balaban J connectivity index is 0.00000150. The molecule has 0 unspecified atom stereocenters. The quantitative estimate of drug-likeness (QED) is 0.586. The van der Waals surface area contributed by atoms with Gasteiger partial charge in [0.25, 0.3) is 0 Å². The smallest absolute Gasteiger partial charge is 0.162 e. The summed E-state index contributed by atoms with van der Waals surface area (Å²) in [6.07, 6.45) is 13.1. The number of nitrogens with zero attached hydrogens (tertiary/aromatic N) is 2. The average molecular weight is 435 g/mol. The first-order chi connectivity index (χ1) is 13.3. The van der Waals surface area contributed by atoms with Gasteiger partial charge < -0.3 is 9.47 Å². The number of hydrogen-bond donors (Lipinski definition) is 0. The number of allylic oxidation sites excluding steroid dienone is 1. The van der Waals surface area contributed by atoms with Crippen molar-refractivity contribution in [3.05, 3.63) is 59.4 Å². The second kappa shape index (κ2) is 11.2. The van der Waals surface area contributed by atoms with Crippen LogP contribution in [0.4, 0.5) is 0 Å². The van der Waals surface area contributed by atoms with Crippen LogP contribution in [-0.4, -0.2) is 30.5 Å². The van der Waals surface area contributed by atoms with E-state index < -0.39 is 0 Å². The van der Waals surface area contributed by atoms with Crippen LogP contribution in [0.25, 0.3) is 6.08 Å². The Bertz CT molecular complexity index is 847. The molecular weight excluding hydrogens is 407 g/mol. The average Bonchev–Trinajstić information content (AvgIpc) is 3.22. The maximum Gasteiger partial charge on any atom is 0.162 e. The maximum absolute atomic E-state index is 6.24. The number of ether oxygens (including phenoxy) is 2. The maximum atomic E-state index is 6.24. The first-order valence-electron chi connectivity index (χ1n) is 9.84. The van der Waals surface area contributed by atoms with E-state index in [-0.39, 0.29) is 24.8 Å². The van der Waals surface area contributed by atoms with E-state index in [0.717, 1.165) is 60.6 Å². The van der Waals surface area contributed by atoms with Crippen LogP contribution in [-0.2, 0) is 0 Å². The Labute approximate surface area is 185 Å². The first kappa shape index (κ1) is 23.2. The highest BCUT2D eigenvalue weighted by molar-refractivity contribution is 6.15. The molecule has 1 aliphatic heterocycles. The van der Waals surface area contributed by atoms with Crippen molar-refractivity contribution in [1.82, 2.24) is 4.98 Å². The summed E-state index contributed by atoms with van der Waals surface area (Å²) in [5.41, 5.74) is 4.52. The molecule has 2 aromatic rings. The molecule has 6 heteroatoms. The summed E-state index contributed by atoms with van der Waals surface area (Å²) in [6, 6.07) is 10.2. The largest absolute Gasteiger partial charge is 0.493 e. The topological polar surface area (TPSA) is 43.7 Å². The lowest BCUT2D eigenvalue weighted by molar-refractivity contribution is 0.201. The number of benzene rings is 1. The number of hydrogen-bond acceptors (Lipinski definition) is 4. The van der Waals surface area contributed by atoms with E-state index in [2.05, 4.69) is 29.3 Å². The van der Waals surface area contributed by atoms with Crippen molar-refractivity contribution in [3.63, 3.8) is 0 Å². The van der Waals surface area contributed by atoms with Crippen molar-refractivity contribution in [2.45, 2.75) is 44.6 Å². The van der Waals surface area contributed by atoms with Gasteiger partial charge in [-0.3, -0.25) is 9.98 Å². The summed E-state index contributed by atoms with van der Waals surface area (Å²) >= 11 is 0. The number of halogens is 2. The monoisotopic (exact) mass is 434 g/mol. The van der Waals surface area contributed by atoms with Crippen molar-refractivity contribution < 1.29 is 9.47 Å². The Kier molecular flexibility index (Phi) is 8.99. The van der Waals surface area contributed by atoms with Crippen molar-refractivity contribution >= 4 is 36.6 Å². The highest BCUT2D eigenvalue weighted by Crippen LogP contribution is 2.33. The van der Waals surface area contributed by atoms with Crippen LogP contribution < -0.4 is 9.47 Å². The zero-order valence-corrected chi connectivity index (χ0v) is 18.3. The van der Waals surface area contributed by atoms with Gasteiger partial charge in [-0.25, -0.2) is 0 Å². The molecule has 0 atom stereocenters. The lowest BCUT2D eigenvalue weighted by Gasteiger charge is -2.18. The van der Waals surface area contributed by atoms with Crippen molar-refractivity contribution in [1.29, 1.82) is 0 Å². The highest BCUT2D eigenvalue weighted by atomic mass is 35.5. The van der Waals surface area contributed by atoms with Crippen LogP contribution in [0, 0.1) is 0 Å². The predicted octanol–water partition coefficient (Wildman–Crippen LogP) is 5.92. The van der Waals surface area contributed by atoms with E-state index in [1.54, 1.807) is 13.3 Å². The molecule has 156 valence electrons. The van der Waals surface area contributed by atoms with Gasteiger partial charge >= 0.3 is 0 Å². The van der Waals surface area contributed by atoms with E-state index in [9.17, 15) is 0 Å². The standard InChI is InChI=1S/C23H26N2O2.2ClH/c1-26-21-11-10-17(15-22(21)27-20-8-2-3-9-20)14-18-6-5-13-25-23(18)19-7-4-12-24-16-19;;/h4,7,10-12,14-16,20H,2-3,5-6,8-9,13H2,1H3;2*1H. The summed E-state index contributed by atoms with van der Waals surface area (Å²) in [6.45, 7) is 0.875. The SMILES string of the molecule is COc1ccc(C=C2CCCN=C2c2cccnc2)cc1OC1CCCC1.Cl.Cl. The highest BCUT2D eigenvalue weighted by Gasteiger charge is 2.19. The normalized spacial score (nSPS) is 17.8. The summed E-state index contributed by atoms with van der Waals surface area (Å²) in [5.74, 6) is 1.64. The van der Waals surface area contributed by atoms with Gasteiger partial charge in [0.1, 0.15) is 0 Å². The third-order valence-corrected chi connectivity index (χ3v) is 5.24. The van der Waals surface area contributed by atoms with Crippen molar-refractivity contribution in [3.8, 4) is 11.5 Å². The van der Waals surface area contributed by atoms with E-state index in [1.165, 1.54) is 18.4 Å². The molecule has 1 aromatic carbocycles. The van der Waals surface area contributed by atoms with E-state index in [1.807, 2.05) is 18.3 Å². The van der Waals surface area contributed by atoms with Gasteiger partial charge in [-0.2, -0.15) is 0 Å². The fourth-order valence-corrected chi connectivity index (χ4v) is 3.86. The Morgan fingerprint density at radius 1 is 1.03 bits per heavy atom.